The maximum Gasteiger partial charge on any atom is 0.223 e. The highest BCUT2D eigenvalue weighted by Crippen LogP contribution is 2.32. The fourth-order valence-electron chi connectivity index (χ4n) is 3.95. The van der Waals surface area contributed by atoms with Gasteiger partial charge in [-0.05, 0) is 55.7 Å². The topological polar surface area (TPSA) is 75.3 Å². The Balaban J connectivity index is 1.36. The Hall–Kier alpha value is -3.15. The normalized spacial score (nSPS) is 16.2. The molecule has 0 bridgehead atoms. The van der Waals surface area contributed by atoms with Gasteiger partial charge in [-0.2, -0.15) is 0 Å². The minimum Gasteiger partial charge on any atom is -0.494 e. The molecule has 6 nitrogen and oxygen atoms in total. The molecular weight excluding hydrogens is 378 g/mol. The van der Waals surface area contributed by atoms with Crippen LogP contribution in [-0.4, -0.2) is 39.7 Å². The number of likely N-dealkylation sites (tertiary alicyclic amines) is 1. The van der Waals surface area contributed by atoms with E-state index in [0.29, 0.717) is 18.7 Å². The van der Waals surface area contributed by atoms with E-state index in [1.54, 1.807) is 12.1 Å². The second-order valence-corrected chi connectivity index (χ2v) is 7.68. The fraction of sp³-hybridized carbons (Fsp3) is 0.375. The third-order valence-corrected chi connectivity index (χ3v) is 5.51. The molecule has 156 valence electrons. The molecule has 1 fully saturated rings. The van der Waals surface area contributed by atoms with Crippen molar-refractivity contribution in [1.82, 2.24) is 14.9 Å². The van der Waals surface area contributed by atoms with Crippen LogP contribution in [0.1, 0.15) is 61.3 Å². The van der Waals surface area contributed by atoms with E-state index in [2.05, 4.69) is 9.97 Å². The first-order valence-corrected chi connectivity index (χ1v) is 10.7. The number of ketones is 1. The predicted molar refractivity (Wildman–Crippen MR) is 116 cm³/mol. The van der Waals surface area contributed by atoms with Gasteiger partial charge in [0.25, 0.3) is 0 Å². The van der Waals surface area contributed by atoms with Gasteiger partial charge < -0.3 is 14.6 Å². The number of benzene rings is 2. The Morgan fingerprint density at radius 1 is 1.13 bits per heavy atom. The Labute approximate surface area is 176 Å². The molecule has 1 N–H and O–H groups in total. The highest BCUT2D eigenvalue weighted by molar-refractivity contribution is 5.98. The van der Waals surface area contributed by atoms with E-state index in [4.69, 9.17) is 4.74 Å². The van der Waals surface area contributed by atoms with Crippen LogP contribution in [-0.2, 0) is 4.79 Å². The smallest absolute Gasteiger partial charge is 0.223 e. The van der Waals surface area contributed by atoms with Gasteiger partial charge in [0.05, 0.1) is 23.7 Å². The molecule has 0 saturated carbocycles. The van der Waals surface area contributed by atoms with Gasteiger partial charge in [0.15, 0.2) is 5.78 Å². The number of aromatic nitrogens is 2. The first-order chi connectivity index (χ1) is 14.7. The molecule has 0 aliphatic carbocycles. The number of hydrogen-bond donors (Lipinski definition) is 1. The minimum absolute atomic E-state index is 0.00852. The van der Waals surface area contributed by atoms with Crippen LogP contribution >= 0.6 is 0 Å². The van der Waals surface area contributed by atoms with Gasteiger partial charge in [-0.3, -0.25) is 9.59 Å². The highest BCUT2D eigenvalue weighted by Gasteiger charge is 2.32. The van der Waals surface area contributed by atoms with Crippen LogP contribution in [0, 0.1) is 0 Å². The Morgan fingerprint density at radius 2 is 1.93 bits per heavy atom. The summed E-state index contributed by atoms with van der Waals surface area (Å²) >= 11 is 0. The Bertz CT molecular complexity index is 993. The number of imidazole rings is 1. The number of nitrogens with zero attached hydrogens (tertiary/aromatic N) is 2. The summed E-state index contributed by atoms with van der Waals surface area (Å²) in [5.41, 5.74) is 2.50. The van der Waals surface area contributed by atoms with Crippen molar-refractivity contribution in [2.24, 2.45) is 0 Å². The number of hydrogen-bond acceptors (Lipinski definition) is 4. The zero-order valence-corrected chi connectivity index (χ0v) is 17.3. The number of amides is 1. The summed E-state index contributed by atoms with van der Waals surface area (Å²) in [6.45, 7) is 3.41. The molecule has 1 unspecified atom stereocenters. The molecule has 1 aromatic heterocycles. The number of aromatic amines is 1. The molecule has 1 aliphatic rings. The third kappa shape index (κ3) is 4.37. The summed E-state index contributed by atoms with van der Waals surface area (Å²) in [5, 5.41) is 0. The summed E-state index contributed by atoms with van der Waals surface area (Å²) < 4.78 is 5.55. The molecule has 30 heavy (non-hydrogen) atoms. The summed E-state index contributed by atoms with van der Waals surface area (Å²) in [4.78, 5) is 35.3. The maximum absolute atomic E-state index is 12.9. The van der Waals surface area contributed by atoms with Gasteiger partial charge in [-0.25, -0.2) is 4.98 Å². The second kappa shape index (κ2) is 9.11. The van der Waals surface area contributed by atoms with Crippen LogP contribution in [0.25, 0.3) is 11.0 Å². The fourth-order valence-corrected chi connectivity index (χ4v) is 3.95. The van der Waals surface area contributed by atoms with E-state index in [9.17, 15) is 9.59 Å². The maximum atomic E-state index is 12.9. The van der Waals surface area contributed by atoms with E-state index in [0.717, 1.165) is 41.9 Å². The largest absolute Gasteiger partial charge is 0.494 e. The molecule has 2 aromatic carbocycles. The number of Topliss-reactive ketones (excluding diaryl/α,β-unsaturated/α-hetero) is 1. The molecule has 0 spiro atoms. The third-order valence-electron chi connectivity index (χ3n) is 5.51. The van der Waals surface area contributed by atoms with E-state index in [1.807, 2.05) is 48.2 Å². The van der Waals surface area contributed by atoms with Crippen LogP contribution in [0.4, 0.5) is 0 Å². The molecule has 1 saturated heterocycles. The number of carbonyl (C=O) groups is 2. The van der Waals surface area contributed by atoms with E-state index in [1.165, 1.54) is 0 Å². The first-order valence-electron chi connectivity index (χ1n) is 10.7. The van der Waals surface area contributed by atoms with Crippen LogP contribution in [0.5, 0.6) is 5.75 Å². The van der Waals surface area contributed by atoms with Crippen molar-refractivity contribution in [2.75, 3.05) is 13.2 Å². The molecular formula is C24H27N3O3. The molecule has 1 atom stereocenters. The van der Waals surface area contributed by atoms with Crippen LogP contribution in [0.2, 0.25) is 0 Å². The van der Waals surface area contributed by atoms with Crippen molar-refractivity contribution >= 4 is 22.7 Å². The number of rotatable bonds is 8. The first kappa shape index (κ1) is 20.1. The lowest BCUT2D eigenvalue weighted by molar-refractivity contribution is -0.132. The number of fused-ring (bicyclic) bond motifs is 1. The lowest BCUT2D eigenvalue weighted by atomic mass is 10.1. The van der Waals surface area contributed by atoms with Crippen LogP contribution in [0.3, 0.4) is 0 Å². The summed E-state index contributed by atoms with van der Waals surface area (Å²) in [7, 11) is 0. The molecule has 3 aromatic rings. The van der Waals surface area contributed by atoms with E-state index >= 15 is 0 Å². The second-order valence-electron chi connectivity index (χ2n) is 7.68. The summed E-state index contributed by atoms with van der Waals surface area (Å²) in [6, 6.07) is 15.0. The average molecular weight is 405 g/mol. The number of para-hydroxylation sites is 2. The van der Waals surface area contributed by atoms with Crippen molar-refractivity contribution in [3.05, 3.63) is 59.9 Å². The van der Waals surface area contributed by atoms with Crippen molar-refractivity contribution in [1.29, 1.82) is 0 Å². The number of nitrogens with one attached hydrogen (secondary N) is 1. The summed E-state index contributed by atoms with van der Waals surface area (Å²) in [5.74, 6) is 1.57. The van der Waals surface area contributed by atoms with Gasteiger partial charge >= 0.3 is 0 Å². The zero-order valence-electron chi connectivity index (χ0n) is 17.3. The SMILES string of the molecule is CCCOc1ccc(C(=O)CCC(=O)N2CCCC2c2nc3ccccc3[nH]2)cc1. The van der Waals surface area contributed by atoms with Crippen molar-refractivity contribution in [2.45, 2.75) is 45.1 Å². The lowest BCUT2D eigenvalue weighted by Gasteiger charge is -2.23. The quantitative estimate of drug-likeness (QED) is 0.552. The summed E-state index contributed by atoms with van der Waals surface area (Å²) in [6.07, 6.45) is 3.19. The highest BCUT2D eigenvalue weighted by atomic mass is 16.5. The number of H-pyrrole nitrogens is 1. The molecule has 0 radical (unpaired) electrons. The van der Waals surface area contributed by atoms with Gasteiger partial charge in [-0.15, -0.1) is 0 Å². The van der Waals surface area contributed by atoms with E-state index < -0.39 is 0 Å². The average Bonchev–Trinajstić information content (AvgIpc) is 3.43. The predicted octanol–water partition coefficient (Wildman–Crippen LogP) is 4.68. The van der Waals surface area contributed by atoms with Gasteiger partial charge in [0, 0.05) is 24.9 Å². The van der Waals surface area contributed by atoms with Crippen LogP contribution in [0.15, 0.2) is 48.5 Å². The molecule has 1 aliphatic heterocycles. The van der Waals surface area contributed by atoms with Gasteiger partial charge in [0.2, 0.25) is 5.91 Å². The zero-order chi connectivity index (χ0) is 20.9. The minimum atomic E-state index is -0.0463. The standard InChI is InChI=1S/C24H27N3O3/c1-2-16-30-18-11-9-17(10-12-18)22(28)13-14-23(29)27-15-5-8-21(27)24-25-19-6-3-4-7-20(19)26-24/h3-4,6-7,9-12,21H,2,5,8,13-16H2,1H3,(H,25,26). The molecule has 2 heterocycles. The lowest BCUT2D eigenvalue weighted by Crippen LogP contribution is -2.31. The number of carbonyl (C=O) groups excluding carboxylic acids is 2. The number of ether oxygens (including phenoxy) is 1. The Morgan fingerprint density at radius 3 is 2.70 bits per heavy atom. The monoisotopic (exact) mass is 405 g/mol. The van der Waals surface area contributed by atoms with E-state index in [-0.39, 0.29) is 30.6 Å². The van der Waals surface area contributed by atoms with Crippen molar-refractivity contribution < 1.29 is 14.3 Å². The van der Waals surface area contributed by atoms with Crippen LogP contribution < -0.4 is 4.74 Å². The molecule has 1 amide bonds. The Kier molecular flexibility index (Phi) is 6.12. The molecule has 6 heteroatoms. The molecule has 4 rings (SSSR count). The van der Waals surface area contributed by atoms with Crippen molar-refractivity contribution in [3.8, 4) is 5.75 Å². The van der Waals surface area contributed by atoms with Crippen molar-refractivity contribution in [3.63, 3.8) is 0 Å². The van der Waals surface area contributed by atoms with Gasteiger partial charge in [0.1, 0.15) is 11.6 Å². The van der Waals surface area contributed by atoms with Gasteiger partial charge in [-0.1, -0.05) is 19.1 Å².